The van der Waals surface area contributed by atoms with Crippen molar-refractivity contribution in [1.82, 2.24) is 0 Å². The molecule has 0 N–H and O–H groups in total. The van der Waals surface area contributed by atoms with Crippen LogP contribution in [0, 0.1) is 5.92 Å². The predicted molar refractivity (Wildman–Crippen MR) is 45.2 cm³/mol. The molecule has 0 spiro atoms. The summed E-state index contributed by atoms with van der Waals surface area (Å²) in [7, 11) is 0. The SMILES string of the molecule is C[C@@H]1CCC[C@](C)(N=[N+]=[N-])C1. The van der Waals surface area contributed by atoms with Crippen LogP contribution in [-0.2, 0) is 0 Å². The number of hydrogen-bond acceptors (Lipinski definition) is 1. The average molecular weight is 153 g/mol. The number of nitrogens with zero attached hydrogens (tertiary/aromatic N) is 3. The number of azide groups is 1. The van der Waals surface area contributed by atoms with E-state index in [1.807, 2.05) is 0 Å². The highest BCUT2D eigenvalue weighted by atomic mass is 15.2. The van der Waals surface area contributed by atoms with Gasteiger partial charge >= 0.3 is 0 Å². The lowest BCUT2D eigenvalue weighted by atomic mass is 9.78. The van der Waals surface area contributed by atoms with E-state index in [9.17, 15) is 0 Å². The maximum atomic E-state index is 8.33. The van der Waals surface area contributed by atoms with Crippen molar-refractivity contribution in [2.75, 3.05) is 0 Å². The fraction of sp³-hybridized carbons (Fsp3) is 1.00. The summed E-state index contributed by atoms with van der Waals surface area (Å²) < 4.78 is 0. The van der Waals surface area contributed by atoms with E-state index in [-0.39, 0.29) is 5.54 Å². The molecule has 1 saturated carbocycles. The Bertz CT molecular complexity index is 184. The van der Waals surface area contributed by atoms with Crippen molar-refractivity contribution in [2.45, 2.75) is 45.1 Å². The molecule has 0 saturated heterocycles. The molecular formula is C8H15N3. The third kappa shape index (κ3) is 2.12. The van der Waals surface area contributed by atoms with Crippen molar-refractivity contribution in [1.29, 1.82) is 0 Å². The van der Waals surface area contributed by atoms with Crippen molar-refractivity contribution in [2.24, 2.45) is 11.0 Å². The first kappa shape index (κ1) is 8.41. The maximum Gasteiger partial charge on any atom is 0.0462 e. The molecule has 2 atom stereocenters. The molecule has 3 nitrogen and oxygen atoms in total. The third-order valence-electron chi connectivity index (χ3n) is 2.49. The minimum absolute atomic E-state index is 0.0909. The second-order valence-corrected chi connectivity index (χ2v) is 3.89. The average Bonchev–Trinajstić information content (AvgIpc) is 1.86. The zero-order valence-electron chi connectivity index (χ0n) is 7.25. The van der Waals surface area contributed by atoms with E-state index in [4.69, 9.17) is 5.53 Å². The second kappa shape index (κ2) is 3.14. The number of hydrogen-bond donors (Lipinski definition) is 0. The van der Waals surface area contributed by atoms with Gasteiger partial charge in [-0.2, -0.15) is 0 Å². The van der Waals surface area contributed by atoms with Gasteiger partial charge in [-0.15, -0.1) is 0 Å². The van der Waals surface area contributed by atoms with Gasteiger partial charge in [-0.05, 0) is 24.3 Å². The Morgan fingerprint density at radius 2 is 2.36 bits per heavy atom. The van der Waals surface area contributed by atoms with Crippen LogP contribution in [0.3, 0.4) is 0 Å². The summed E-state index contributed by atoms with van der Waals surface area (Å²) in [4.78, 5) is 2.89. The molecule has 0 unspecified atom stereocenters. The summed E-state index contributed by atoms with van der Waals surface area (Å²) in [5, 5.41) is 3.85. The molecule has 11 heavy (non-hydrogen) atoms. The van der Waals surface area contributed by atoms with Gasteiger partial charge in [-0.1, -0.05) is 31.8 Å². The van der Waals surface area contributed by atoms with Crippen LogP contribution in [0.1, 0.15) is 39.5 Å². The molecule has 0 aromatic carbocycles. The highest BCUT2D eigenvalue weighted by molar-refractivity contribution is 4.88. The molecule has 62 valence electrons. The molecule has 1 rings (SSSR count). The van der Waals surface area contributed by atoms with Crippen LogP contribution in [0.25, 0.3) is 10.4 Å². The molecule has 0 aliphatic heterocycles. The van der Waals surface area contributed by atoms with Gasteiger partial charge < -0.3 is 0 Å². The lowest BCUT2D eigenvalue weighted by Gasteiger charge is -2.32. The normalized spacial score (nSPS) is 37.8. The van der Waals surface area contributed by atoms with Gasteiger partial charge in [0.2, 0.25) is 0 Å². The van der Waals surface area contributed by atoms with Gasteiger partial charge in [-0.25, -0.2) is 0 Å². The first-order valence-corrected chi connectivity index (χ1v) is 4.22. The lowest BCUT2D eigenvalue weighted by molar-refractivity contribution is 0.256. The Morgan fingerprint density at radius 1 is 1.64 bits per heavy atom. The molecule has 0 aromatic heterocycles. The Labute approximate surface area is 67.4 Å². The zero-order chi connectivity index (χ0) is 8.32. The van der Waals surface area contributed by atoms with Gasteiger partial charge in [0.1, 0.15) is 0 Å². The van der Waals surface area contributed by atoms with E-state index in [2.05, 4.69) is 23.9 Å². The highest BCUT2D eigenvalue weighted by Gasteiger charge is 2.28. The predicted octanol–water partition coefficient (Wildman–Crippen LogP) is 3.27. The van der Waals surface area contributed by atoms with Gasteiger partial charge in [-0.3, -0.25) is 0 Å². The van der Waals surface area contributed by atoms with E-state index in [1.54, 1.807) is 0 Å². The van der Waals surface area contributed by atoms with Crippen LogP contribution in [0.4, 0.5) is 0 Å². The molecule has 0 amide bonds. The Balaban J connectivity index is 2.62. The molecular weight excluding hydrogens is 138 g/mol. The van der Waals surface area contributed by atoms with Gasteiger partial charge in [0.25, 0.3) is 0 Å². The Morgan fingerprint density at radius 3 is 2.91 bits per heavy atom. The molecule has 0 aromatic rings. The first-order valence-electron chi connectivity index (χ1n) is 4.22. The van der Waals surface area contributed by atoms with Crippen LogP contribution < -0.4 is 0 Å². The molecule has 0 bridgehead atoms. The van der Waals surface area contributed by atoms with Gasteiger partial charge in [0, 0.05) is 10.5 Å². The van der Waals surface area contributed by atoms with E-state index in [1.165, 1.54) is 12.8 Å². The van der Waals surface area contributed by atoms with Crippen LogP contribution >= 0.6 is 0 Å². The van der Waals surface area contributed by atoms with Crippen LogP contribution in [0.2, 0.25) is 0 Å². The van der Waals surface area contributed by atoms with Crippen molar-refractivity contribution in [3.05, 3.63) is 10.4 Å². The Kier molecular flexibility index (Phi) is 2.40. The minimum atomic E-state index is -0.0909. The first-order chi connectivity index (χ1) is 5.16. The fourth-order valence-corrected chi connectivity index (χ4v) is 1.98. The lowest BCUT2D eigenvalue weighted by Crippen LogP contribution is -2.28. The van der Waals surface area contributed by atoms with Crippen molar-refractivity contribution in [3.8, 4) is 0 Å². The summed E-state index contributed by atoms with van der Waals surface area (Å²) >= 11 is 0. The zero-order valence-corrected chi connectivity index (χ0v) is 7.25. The van der Waals surface area contributed by atoms with Gasteiger partial charge in [0.05, 0.1) is 0 Å². The molecule has 0 heterocycles. The van der Waals surface area contributed by atoms with E-state index in [0.717, 1.165) is 18.8 Å². The quantitative estimate of drug-likeness (QED) is 0.315. The molecule has 1 aliphatic rings. The summed E-state index contributed by atoms with van der Waals surface area (Å²) in [5.41, 5.74) is 8.24. The Hall–Kier alpha value is -0.690. The monoisotopic (exact) mass is 153 g/mol. The summed E-state index contributed by atoms with van der Waals surface area (Å²) in [6.45, 7) is 4.28. The van der Waals surface area contributed by atoms with Crippen LogP contribution in [0.5, 0.6) is 0 Å². The molecule has 0 radical (unpaired) electrons. The third-order valence-corrected chi connectivity index (χ3v) is 2.49. The minimum Gasteiger partial charge on any atom is -0.0875 e. The van der Waals surface area contributed by atoms with Crippen LogP contribution in [-0.4, -0.2) is 5.54 Å². The van der Waals surface area contributed by atoms with Gasteiger partial charge in [0.15, 0.2) is 0 Å². The maximum absolute atomic E-state index is 8.33. The smallest absolute Gasteiger partial charge is 0.0462 e. The van der Waals surface area contributed by atoms with E-state index >= 15 is 0 Å². The molecule has 1 fully saturated rings. The van der Waals surface area contributed by atoms with E-state index < -0.39 is 0 Å². The second-order valence-electron chi connectivity index (χ2n) is 3.89. The fourth-order valence-electron chi connectivity index (χ4n) is 1.98. The molecule has 1 aliphatic carbocycles. The van der Waals surface area contributed by atoms with E-state index in [0.29, 0.717) is 0 Å². The topological polar surface area (TPSA) is 48.8 Å². The summed E-state index contributed by atoms with van der Waals surface area (Å²) in [6.07, 6.45) is 4.60. The highest BCUT2D eigenvalue weighted by Crippen LogP contribution is 2.34. The molecule has 3 heteroatoms. The van der Waals surface area contributed by atoms with Crippen molar-refractivity contribution in [3.63, 3.8) is 0 Å². The van der Waals surface area contributed by atoms with Crippen molar-refractivity contribution < 1.29 is 0 Å². The summed E-state index contributed by atoms with van der Waals surface area (Å²) in [6, 6.07) is 0. The standard InChI is InChI=1S/C8H15N3/c1-7-4-3-5-8(2,6-7)10-11-9/h7H,3-6H2,1-2H3/t7-,8+/m1/s1. The largest absolute Gasteiger partial charge is 0.0875 e. The van der Waals surface area contributed by atoms with Crippen LogP contribution in [0.15, 0.2) is 5.11 Å². The van der Waals surface area contributed by atoms with Crippen molar-refractivity contribution >= 4 is 0 Å². The summed E-state index contributed by atoms with van der Waals surface area (Å²) in [5.74, 6) is 0.722. The number of rotatable bonds is 1.